The van der Waals surface area contributed by atoms with Crippen molar-refractivity contribution in [3.05, 3.63) is 18.5 Å². The molecule has 0 radical (unpaired) electrons. The first-order valence-corrected chi connectivity index (χ1v) is 8.14. The summed E-state index contributed by atoms with van der Waals surface area (Å²) >= 11 is 0. The molecule has 8 nitrogen and oxygen atoms in total. The van der Waals surface area contributed by atoms with Crippen molar-refractivity contribution >= 4 is 28.7 Å². The normalized spacial score (nSPS) is 18.1. The number of urea groups is 1. The third-order valence-electron chi connectivity index (χ3n) is 4.29. The van der Waals surface area contributed by atoms with Crippen LogP contribution < -0.4 is 11.1 Å². The van der Waals surface area contributed by atoms with Crippen LogP contribution in [0.5, 0.6) is 0 Å². The van der Waals surface area contributed by atoms with Crippen molar-refractivity contribution < 1.29 is 9.59 Å². The van der Waals surface area contributed by atoms with E-state index in [0.717, 1.165) is 23.9 Å². The molecule has 3 N–H and O–H groups in total. The molecule has 0 aromatic carbocycles. The zero-order chi connectivity index (χ0) is 17.3. The van der Waals surface area contributed by atoms with Gasteiger partial charge < -0.3 is 16.0 Å². The number of pyridine rings is 1. The number of rotatable bonds is 3. The quantitative estimate of drug-likeness (QED) is 0.894. The maximum atomic E-state index is 12.4. The topological polar surface area (TPSA) is 106 Å². The Morgan fingerprint density at radius 3 is 2.88 bits per heavy atom. The summed E-state index contributed by atoms with van der Waals surface area (Å²) in [5, 5.41) is 8.08. The van der Waals surface area contributed by atoms with Crippen molar-refractivity contribution in [3.8, 4) is 0 Å². The predicted molar refractivity (Wildman–Crippen MR) is 90.4 cm³/mol. The van der Waals surface area contributed by atoms with Crippen LogP contribution >= 0.6 is 0 Å². The van der Waals surface area contributed by atoms with E-state index in [-0.39, 0.29) is 17.9 Å². The first-order chi connectivity index (χ1) is 11.5. The fourth-order valence-electron chi connectivity index (χ4n) is 3.02. The summed E-state index contributed by atoms with van der Waals surface area (Å²) in [6.45, 7) is 5.05. The molecular formula is C16H22N6O2. The van der Waals surface area contributed by atoms with Crippen LogP contribution in [0.25, 0.3) is 11.0 Å². The standard InChI is InChI=1S/C16H22N6O2/c1-10(2)22-14-12(7-19-22)6-13(8-18-14)20-15(23)11-4-3-5-21(9-11)16(17)24/h6-8,10-11H,3-5,9H2,1-2H3,(H2,17,24)(H,20,23). The van der Waals surface area contributed by atoms with Gasteiger partial charge in [0.25, 0.3) is 0 Å². The van der Waals surface area contributed by atoms with Crippen molar-refractivity contribution in [1.82, 2.24) is 19.7 Å². The maximum Gasteiger partial charge on any atom is 0.314 e. The third kappa shape index (κ3) is 3.17. The molecule has 1 aliphatic rings. The number of amides is 3. The van der Waals surface area contributed by atoms with Crippen LogP contribution in [0.15, 0.2) is 18.5 Å². The van der Waals surface area contributed by atoms with Crippen LogP contribution in [0, 0.1) is 5.92 Å². The lowest BCUT2D eigenvalue weighted by atomic mass is 9.97. The lowest BCUT2D eigenvalue weighted by Gasteiger charge is -2.30. The molecule has 0 spiro atoms. The van der Waals surface area contributed by atoms with Gasteiger partial charge in [-0.1, -0.05) is 0 Å². The molecule has 3 amide bonds. The number of carbonyl (C=O) groups excluding carboxylic acids is 2. The molecule has 2 aromatic heterocycles. The SMILES string of the molecule is CC(C)n1ncc2cc(NC(=O)C3CCCN(C(N)=O)C3)cnc21. The highest BCUT2D eigenvalue weighted by molar-refractivity contribution is 5.94. The van der Waals surface area contributed by atoms with Gasteiger partial charge in [0, 0.05) is 24.5 Å². The van der Waals surface area contributed by atoms with Crippen LogP contribution in [0.1, 0.15) is 32.7 Å². The molecule has 1 fully saturated rings. The minimum absolute atomic E-state index is 0.113. The summed E-state index contributed by atoms with van der Waals surface area (Å²) < 4.78 is 1.84. The molecule has 3 heterocycles. The van der Waals surface area contributed by atoms with E-state index in [1.165, 1.54) is 4.90 Å². The molecule has 0 bridgehead atoms. The monoisotopic (exact) mass is 330 g/mol. The van der Waals surface area contributed by atoms with E-state index in [2.05, 4.69) is 15.4 Å². The van der Waals surface area contributed by atoms with Gasteiger partial charge >= 0.3 is 6.03 Å². The summed E-state index contributed by atoms with van der Waals surface area (Å²) in [5.41, 5.74) is 6.73. The van der Waals surface area contributed by atoms with Crippen LogP contribution in [0.3, 0.4) is 0 Å². The highest BCUT2D eigenvalue weighted by atomic mass is 16.2. The second-order valence-electron chi connectivity index (χ2n) is 6.43. The van der Waals surface area contributed by atoms with E-state index in [4.69, 9.17) is 5.73 Å². The van der Waals surface area contributed by atoms with Gasteiger partial charge in [0.05, 0.1) is 24.0 Å². The Labute approximate surface area is 140 Å². The lowest BCUT2D eigenvalue weighted by molar-refractivity contribution is -0.121. The summed E-state index contributed by atoms with van der Waals surface area (Å²) in [7, 11) is 0. The van der Waals surface area contributed by atoms with Gasteiger partial charge in [0.1, 0.15) is 0 Å². The number of primary amides is 1. The number of nitrogens with two attached hydrogens (primary N) is 1. The van der Waals surface area contributed by atoms with E-state index in [1.807, 2.05) is 24.6 Å². The molecule has 128 valence electrons. The number of piperidine rings is 1. The van der Waals surface area contributed by atoms with E-state index >= 15 is 0 Å². The van der Waals surface area contributed by atoms with E-state index in [1.54, 1.807) is 12.4 Å². The highest BCUT2D eigenvalue weighted by Crippen LogP contribution is 2.21. The Hall–Kier alpha value is -2.64. The van der Waals surface area contributed by atoms with Crippen molar-refractivity contribution in [2.24, 2.45) is 11.7 Å². The molecular weight excluding hydrogens is 308 g/mol. The second-order valence-corrected chi connectivity index (χ2v) is 6.43. The molecule has 24 heavy (non-hydrogen) atoms. The number of fused-ring (bicyclic) bond motifs is 1. The van der Waals surface area contributed by atoms with Crippen molar-refractivity contribution in [1.29, 1.82) is 0 Å². The van der Waals surface area contributed by atoms with Crippen LogP contribution in [-0.2, 0) is 4.79 Å². The first kappa shape index (κ1) is 16.2. The Kier molecular flexibility index (Phi) is 4.37. The molecule has 1 atom stereocenters. The number of likely N-dealkylation sites (tertiary alicyclic amines) is 1. The van der Waals surface area contributed by atoms with Gasteiger partial charge in [-0.25, -0.2) is 14.5 Å². The number of hydrogen-bond acceptors (Lipinski definition) is 4. The minimum atomic E-state index is -0.475. The molecule has 0 aliphatic carbocycles. The third-order valence-corrected chi connectivity index (χ3v) is 4.29. The molecule has 3 rings (SSSR count). The fraction of sp³-hybridized carbons (Fsp3) is 0.500. The predicted octanol–water partition coefficient (Wildman–Crippen LogP) is 1.74. The highest BCUT2D eigenvalue weighted by Gasteiger charge is 2.27. The zero-order valence-corrected chi connectivity index (χ0v) is 13.9. The average molecular weight is 330 g/mol. The summed E-state index contributed by atoms with van der Waals surface area (Å²) in [4.78, 5) is 29.6. The number of aromatic nitrogens is 3. The largest absolute Gasteiger partial charge is 0.351 e. The lowest BCUT2D eigenvalue weighted by Crippen LogP contribution is -2.46. The van der Waals surface area contributed by atoms with Gasteiger partial charge in [0.15, 0.2) is 5.65 Å². The molecule has 1 saturated heterocycles. The van der Waals surface area contributed by atoms with Gasteiger partial charge in [-0.15, -0.1) is 0 Å². The molecule has 1 aliphatic heterocycles. The molecule has 2 aromatic rings. The Morgan fingerprint density at radius 1 is 1.38 bits per heavy atom. The molecule has 8 heteroatoms. The number of nitrogens with zero attached hydrogens (tertiary/aromatic N) is 4. The van der Waals surface area contributed by atoms with Crippen LogP contribution in [0.4, 0.5) is 10.5 Å². The van der Waals surface area contributed by atoms with Crippen molar-refractivity contribution in [2.45, 2.75) is 32.7 Å². The van der Waals surface area contributed by atoms with Gasteiger partial charge in [-0.3, -0.25) is 4.79 Å². The van der Waals surface area contributed by atoms with E-state index in [9.17, 15) is 9.59 Å². The summed E-state index contributed by atoms with van der Waals surface area (Å²) in [5.74, 6) is -0.362. The smallest absolute Gasteiger partial charge is 0.314 e. The van der Waals surface area contributed by atoms with Crippen molar-refractivity contribution in [2.75, 3.05) is 18.4 Å². The first-order valence-electron chi connectivity index (χ1n) is 8.14. The Balaban J connectivity index is 1.72. The molecule has 1 unspecified atom stereocenters. The Bertz CT molecular complexity index is 769. The number of nitrogens with one attached hydrogen (secondary N) is 1. The van der Waals surface area contributed by atoms with E-state index < -0.39 is 6.03 Å². The van der Waals surface area contributed by atoms with Crippen LogP contribution in [0.2, 0.25) is 0 Å². The maximum absolute atomic E-state index is 12.4. The Morgan fingerprint density at radius 2 is 2.17 bits per heavy atom. The number of carbonyl (C=O) groups is 2. The summed E-state index contributed by atoms with van der Waals surface area (Å²) in [6.07, 6.45) is 4.90. The minimum Gasteiger partial charge on any atom is -0.351 e. The van der Waals surface area contributed by atoms with Gasteiger partial charge in [0.2, 0.25) is 5.91 Å². The molecule has 0 saturated carbocycles. The van der Waals surface area contributed by atoms with Crippen LogP contribution in [-0.4, -0.2) is 44.7 Å². The second kappa shape index (κ2) is 6.46. The summed E-state index contributed by atoms with van der Waals surface area (Å²) in [6, 6.07) is 1.61. The average Bonchev–Trinajstić information content (AvgIpc) is 2.98. The fourth-order valence-corrected chi connectivity index (χ4v) is 3.02. The number of anilines is 1. The van der Waals surface area contributed by atoms with Gasteiger partial charge in [-0.2, -0.15) is 5.10 Å². The van der Waals surface area contributed by atoms with Gasteiger partial charge in [-0.05, 0) is 32.8 Å². The zero-order valence-electron chi connectivity index (χ0n) is 13.9. The van der Waals surface area contributed by atoms with E-state index in [0.29, 0.717) is 18.8 Å². The van der Waals surface area contributed by atoms with Crippen molar-refractivity contribution in [3.63, 3.8) is 0 Å². The number of hydrogen-bond donors (Lipinski definition) is 2.